The molecule has 2 fully saturated rings. The lowest BCUT2D eigenvalue weighted by Gasteiger charge is -2.32. The fraction of sp³-hybridized carbons (Fsp3) is 0.550. The average Bonchev–Trinajstić information content (AvgIpc) is 3.19. The molecular weight excluding hydrogens is 326 g/mol. The Bertz CT molecular complexity index is 723. The molecule has 3 heterocycles. The van der Waals surface area contributed by atoms with Crippen molar-refractivity contribution >= 4 is 5.91 Å². The number of likely N-dealkylation sites (tertiary alicyclic amines) is 2. The van der Waals surface area contributed by atoms with Crippen LogP contribution in [0.2, 0.25) is 0 Å². The highest BCUT2D eigenvalue weighted by Crippen LogP contribution is 2.22. The molecule has 1 amide bonds. The highest BCUT2D eigenvalue weighted by atomic mass is 16.2. The van der Waals surface area contributed by atoms with Crippen molar-refractivity contribution in [1.82, 2.24) is 24.8 Å². The fourth-order valence-corrected chi connectivity index (χ4v) is 4.04. The van der Waals surface area contributed by atoms with Crippen molar-refractivity contribution in [3.8, 4) is 0 Å². The first-order valence-electron chi connectivity index (χ1n) is 9.77. The zero-order chi connectivity index (χ0) is 17.8. The molecule has 2 saturated heterocycles. The molecule has 138 valence electrons. The molecule has 1 aromatic heterocycles. The van der Waals surface area contributed by atoms with Crippen LogP contribution in [0, 0.1) is 0 Å². The lowest BCUT2D eigenvalue weighted by molar-refractivity contribution is 0.0718. The van der Waals surface area contributed by atoms with Crippen LogP contribution in [0.25, 0.3) is 0 Å². The Morgan fingerprint density at radius 3 is 2.65 bits per heavy atom. The van der Waals surface area contributed by atoms with E-state index in [4.69, 9.17) is 0 Å². The molecule has 26 heavy (non-hydrogen) atoms. The Labute approximate surface area is 154 Å². The maximum atomic E-state index is 12.6. The van der Waals surface area contributed by atoms with Crippen molar-refractivity contribution in [3.63, 3.8) is 0 Å². The normalized spacial score (nSPS) is 21.7. The summed E-state index contributed by atoms with van der Waals surface area (Å²) in [6.07, 6.45) is 7.50. The molecular formula is C20H27N5O. The van der Waals surface area contributed by atoms with Crippen molar-refractivity contribution in [2.45, 2.75) is 44.7 Å². The van der Waals surface area contributed by atoms with Gasteiger partial charge in [-0.3, -0.25) is 9.69 Å². The molecule has 2 aliphatic rings. The van der Waals surface area contributed by atoms with E-state index < -0.39 is 0 Å². The van der Waals surface area contributed by atoms with Gasteiger partial charge >= 0.3 is 0 Å². The van der Waals surface area contributed by atoms with Gasteiger partial charge in [-0.05, 0) is 44.2 Å². The zero-order valence-electron chi connectivity index (χ0n) is 15.3. The molecule has 6 nitrogen and oxygen atoms in total. The summed E-state index contributed by atoms with van der Waals surface area (Å²) in [6.45, 7) is 4.72. The summed E-state index contributed by atoms with van der Waals surface area (Å²) in [4.78, 5) is 17.0. The lowest BCUT2D eigenvalue weighted by atomic mass is 10.0. The van der Waals surface area contributed by atoms with Crippen molar-refractivity contribution in [2.24, 2.45) is 0 Å². The largest absolute Gasteiger partial charge is 0.337 e. The minimum atomic E-state index is 0.0351. The third kappa shape index (κ3) is 3.96. The van der Waals surface area contributed by atoms with Gasteiger partial charge < -0.3 is 4.90 Å². The van der Waals surface area contributed by atoms with E-state index in [1.165, 1.54) is 12.0 Å². The summed E-state index contributed by atoms with van der Waals surface area (Å²) in [7, 11) is 0. The second-order valence-electron chi connectivity index (χ2n) is 7.45. The van der Waals surface area contributed by atoms with Gasteiger partial charge in [-0.1, -0.05) is 35.5 Å². The van der Waals surface area contributed by atoms with Crippen molar-refractivity contribution < 1.29 is 4.79 Å². The Hall–Kier alpha value is -2.21. The molecule has 2 aromatic rings. The van der Waals surface area contributed by atoms with Crippen LogP contribution in [0.3, 0.4) is 0 Å². The molecule has 2 aliphatic heterocycles. The molecule has 1 aromatic carbocycles. The summed E-state index contributed by atoms with van der Waals surface area (Å²) >= 11 is 0. The summed E-state index contributed by atoms with van der Waals surface area (Å²) in [6, 6.07) is 10.9. The number of amides is 1. The first-order chi connectivity index (χ1) is 12.8. The van der Waals surface area contributed by atoms with Crippen LogP contribution in [-0.4, -0.2) is 56.9 Å². The number of hydrogen-bond donors (Lipinski definition) is 0. The maximum Gasteiger partial charge on any atom is 0.276 e. The van der Waals surface area contributed by atoms with E-state index in [0.717, 1.165) is 58.4 Å². The van der Waals surface area contributed by atoms with Crippen LogP contribution in [0.15, 0.2) is 36.5 Å². The number of carbonyl (C=O) groups is 1. The molecule has 0 spiro atoms. The Kier molecular flexibility index (Phi) is 5.29. The number of rotatable bonds is 4. The number of benzene rings is 1. The van der Waals surface area contributed by atoms with Crippen LogP contribution in [-0.2, 0) is 6.54 Å². The quantitative estimate of drug-likeness (QED) is 0.848. The number of hydrogen-bond acceptors (Lipinski definition) is 4. The van der Waals surface area contributed by atoms with E-state index in [2.05, 4.69) is 45.5 Å². The second-order valence-corrected chi connectivity index (χ2v) is 7.45. The Morgan fingerprint density at radius 2 is 1.85 bits per heavy atom. The number of carbonyl (C=O) groups excluding carboxylic acids is 1. The average molecular weight is 353 g/mol. The minimum absolute atomic E-state index is 0.0351. The van der Waals surface area contributed by atoms with Crippen LogP contribution in [0.1, 0.15) is 54.2 Å². The van der Waals surface area contributed by atoms with Gasteiger partial charge in [0.15, 0.2) is 5.69 Å². The summed E-state index contributed by atoms with van der Waals surface area (Å²) < 4.78 is 1.91. The predicted molar refractivity (Wildman–Crippen MR) is 99.8 cm³/mol. The van der Waals surface area contributed by atoms with E-state index in [0.29, 0.717) is 11.7 Å². The molecule has 1 atom stereocenters. The van der Waals surface area contributed by atoms with Crippen molar-refractivity contribution in [1.29, 1.82) is 0 Å². The van der Waals surface area contributed by atoms with Crippen LogP contribution < -0.4 is 0 Å². The fourth-order valence-electron chi connectivity index (χ4n) is 4.04. The van der Waals surface area contributed by atoms with E-state index in [9.17, 15) is 4.79 Å². The van der Waals surface area contributed by atoms with Gasteiger partial charge in [0.05, 0.1) is 12.2 Å². The van der Waals surface area contributed by atoms with E-state index in [1.54, 1.807) is 0 Å². The summed E-state index contributed by atoms with van der Waals surface area (Å²) in [5, 5.41) is 8.47. The number of piperidine rings is 2. The van der Waals surface area contributed by atoms with Gasteiger partial charge in [-0.2, -0.15) is 0 Å². The topological polar surface area (TPSA) is 54.3 Å². The summed E-state index contributed by atoms with van der Waals surface area (Å²) in [5.74, 6) is 0.0351. The molecule has 0 aliphatic carbocycles. The molecule has 6 heteroatoms. The van der Waals surface area contributed by atoms with Gasteiger partial charge in [0.2, 0.25) is 0 Å². The molecule has 1 unspecified atom stereocenters. The predicted octanol–water partition coefficient (Wildman–Crippen LogP) is 2.74. The SMILES string of the molecule is O=C(c1cn(C2CCCN(Cc3ccccc3)C2)nn1)N1CCCCC1. The third-order valence-electron chi connectivity index (χ3n) is 5.48. The van der Waals surface area contributed by atoms with Gasteiger partial charge in [0.1, 0.15) is 0 Å². The zero-order valence-corrected chi connectivity index (χ0v) is 15.3. The second kappa shape index (κ2) is 7.99. The molecule has 0 saturated carbocycles. The van der Waals surface area contributed by atoms with Gasteiger partial charge in [-0.15, -0.1) is 5.10 Å². The molecule has 0 bridgehead atoms. The Morgan fingerprint density at radius 1 is 1.04 bits per heavy atom. The van der Waals surface area contributed by atoms with Crippen molar-refractivity contribution in [3.05, 3.63) is 47.8 Å². The summed E-state index contributed by atoms with van der Waals surface area (Å²) in [5.41, 5.74) is 1.83. The first kappa shape index (κ1) is 17.2. The molecule has 0 N–H and O–H groups in total. The standard InChI is InChI=1S/C20H27N5O/c26-20(24-12-5-2-6-13-24)19-16-25(22-21-19)18-10-7-11-23(15-18)14-17-8-3-1-4-9-17/h1,3-4,8-9,16,18H,2,5-7,10-15H2. The van der Waals surface area contributed by atoms with E-state index in [-0.39, 0.29) is 5.91 Å². The van der Waals surface area contributed by atoms with Gasteiger partial charge in [-0.25, -0.2) is 4.68 Å². The molecule has 4 rings (SSSR count). The highest BCUT2D eigenvalue weighted by molar-refractivity contribution is 5.91. The monoisotopic (exact) mass is 353 g/mol. The minimum Gasteiger partial charge on any atom is -0.337 e. The Balaban J connectivity index is 1.39. The lowest BCUT2D eigenvalue weighted by Crippen LogP contribution is -2.36. The smallest absolute Gasteiger partial charge is 0.276 e. The number of aromatic nitrogens is 3. The van der Waals surface area contributed by atoms with Gasteiger partial charge in [0, 0.05) is 26.2 Å². The van der Waals surface area contributed by atoms with Gasteiger partial charge in [0.25, 0.3) is 5.91 Å². The van der Waals surface area contributed by atoms with Crippen molar-refractivity contribution in [2.75, 3.05) is 26.2 Å². The van der Waals surface area contributed by atoms with E-state index in [1.807, 2.05) is 15.8 Å². The third-order valence-corrected chi connectivity index (χ3v) is 5.48. The molecule has 0 radical (unpaired) electrons. The van der Waals surface area contributed by atoms with Crippen LogP contribution >= 0.6 is 0 Å². The maximum absolute atomic E-state index is 12.6. The van der Waals surface area contributed by atoms with Crippen LogP contribution in [0.5, 0.6) is 0 Å². The van der Waals surface area contributed by atoms with Crippen LogP contribution in [0.4, 0.5) is 0 Å². The first-order valence-corrected chi connectivity index (χ1v) is 9.77. The number of nitrogens with zero attached hydrogens (tertiary/aromatic N) is 5. The highest BCUT2D eigenvalue weighted by Gasteiger charge is 2.25. The van der Waals surface area contributed by atoms with E-state index >= 15 is 0 Å².